The Morgan fingerprint density at radius 2 is 1.76 bits per heavy atom. The van der Waals surface area contributed by atoms with Crippen LogP contribution in [0.25, 0.3) is 22.4 Å². The van der Waals surface area contributed by atoms with Crippen LogP contribution in [-0.4, -0.2) is 44.3 Å². The van der Waals surface area contributed by atoms with Gasteiger partial charge in [-0.1, -0.05) is 42.5 Å². The SMILES string of the molecule is CSCCOCn1nc(C)c(-c2ccc(NC(=O)C(c3ncc(-c4ccccc4)[nH]3)C(C3CC3)C3CC3)cc2)c1C. The average Bonchev–Trinajstić information content (AvgIpc) is 3.92. The van der Waals surface area contributed by atoms with Crippen molar-refractivity contribution in [3.05, 3.63) is 78.0 Å². The van der Waals surface area contributed by atoms with Crippen molar-refractivity contribution in [2.24, 2.45) is 17.8 Å². The lowest BCUT2D eigenvalue weighted by atomic mass is 9.82. The summed E-state index contributed by atoms with van der Waals surface area (Å²) in [4.78, 5) is 22.3. The zero-order valence-corrected chi connectivity index (χ0v) is 24.9. The van der Waals surface area contributed by atoms with Gasteiger partial charge in [0.1, 0.15) is 12.6 Å². The summed E-state index contributed by atoms with van der Waals surface area (Å²) in [7, 11) is 0. The summed E-state index contributed by atoms with van der Waals surface area (Å²) in [5.41, 5.74) is 7.07. The number of hydrogen-bond acceptors (Lipinski definition) is 5. The zero-order chi connectivity index (χ0) is 28.3. The van der Waals surface area contributed by atoms with E-state index < -0.39 is 0 Å². The van der Waals surface area contributed by atoms with Gasteiger partial charge in [0, 0.05) is 22.7 Å². The normalized spacial score (nSPS) is 15.8. The van der Waals surface area contributed by atoms with E-state index in [1.165, 1.54) is 25.7 Å². The van der Waals surface area contributed by atoms with Crippen LogP contribution in [0.3, 0.4) is 0 Å². The maximum atomic E-state index is 14.0. The summed E-state index contributed by atoms with van der Waals surface area (Å²) in [5, 5.41) is 7.95. The van der Waals surface area contributed by atoms with Gasteiger partial charge >= 0.3 is 0 Å². The predicted octanol–water partition coefficient (Wildman–Crippen LogP) is 7.05. The van der Waals surface area contributed by atoms with E-state index in [1.54, 1.807) is 11.8 Å². The lowest BCUT2D eigenvalue weighted by molar-refractivity contribution is -0.119. The first kappa shape index (κ1) is 27.8. The number of amides is 1. The number of H-pyrrole nitrogens is 1. The molecule has 1 atom stereocenters. The molecule has 4 aromatic rings. The largest absolute Gasteiger partial charge is 0.358 e. The Morgan fingerprint density at radius 1 is 1.05 bits per heavy atom. The van der Waals surface area contributed by atoms with Crippen LogP contribution in [0, 0.1) is 31.6 Å². The molecule has 8 heteroatoms. The summed E-state index contributed by atoms with van der Waals surface area (Å²) < 4.78 is 7.70. The molecule has 2 saturated carbocycles. The van der Waals surface area contributed by atoms with Gasteiger partial charge in [0.05, 0.1) is 30.1 Å². The lowest BCUT2D eigenvalue weighted by Crippen LogP contribution is -2.31. The zero-order valence-electron chi connectivity index (χ0n) is 24.1. The lowest BCUT2D eigenvalue weighted by Gasteiger charge is -2.25. The molecule has 2 aliphatic rings. The summed E-state index contributed by atoms with van der Waals surface area (Å²) in [5.74, 6) is 3.03. The van der Waals surface area contributed by atoms with E-state index in [2.05, 4.69) is 47.7 Å². The molecule has 0 saturated heterocycles. The first-order chi connectivity index (χ1) is 20.0. The minimum Gasteiger partial charge on any atom is -0.358 e. The van der Waals surface area contributed by atoms with Crippen LogP contribution in [0.2, 0.25) is 0 Å². The number of nitrogens with zero attached hydrogens (tertiary/aromatic N) is 3. The number of ether oxygens (including phenoxy) is 1. The Labute approximate surface area is 246 Å². The van der Waals surface area contributed by atoms with E-state index in [-0.39, 0.29) is 11.8 Å². The van der Waals surface area contributed by atoms with E-state index in [4.69, 9.17) is 14.8 Å². The maximum Gasteiger partial charge on any atom is 0.235 e. The molecule has 6 rings (SSSR count). The molecule has 0 aliphatic heterocycles. The van der Waals surface area contributed by atoms with E-state index in [1.807, 2.05) is 48.1 Å². The Kier molecular flexibility index (Phi) is 8.30. The molecule has 41 heavy (non-hydrogen) atoms. The fraction of sp³-hybridized carbons (Fsp3) is 0.424. The topological polar surface area (TPSA) is 84.8 Å². The van der Waals surface area contributed by atoms with Crippen molar-refractivity contribution < 1.29 is 9.53 Å². The minimum absolute atomic E-state index is 0.0260. The molecule has 214 valence electrons. The van der Waals surface area contributed by atoms with Crippen LogP contribution in [-0.2, 0) is 16.3 Å². The van der Waals surface area contributed by atoms with E-state index in [0.29, 0.717) is 31.1 Å². The maximum absolute atomic E-state index is 14.0. The summed E-state index contributed by atoms with van der Waals surface area (Å²) in [6.45, 7) is 5.27. The third-order valence-corrected chi connectivity index (χ3v) is 9.02. The van der Waals surface area contributed by atoms with Crippen molar-refractivity contribution in [3.63, 3.8) is 0 Å². The highest BCUT2D eigenvalue weighted by atomic mass is 32.2. The van der Waals surface area contributed by atoms with Crippen molar-refractivity contribution in [2.45, 2.75) is 52.2 Å². The van der Waals surface area contributed by atoms with Gasteiger partial charge in [-0.3, -0.25) is 4.79 Å². The number of imidazole rings is 1. The average molecular weight is 570 g/mol. The van der Waals surface area contributed by atoms with Crippen LogP contribution in [0.5, 0.6) is 0 Å². The number of carbonyl (C=O) groups excluding carboxylic acids is 1. The number of anilines is 1. The van der Waals surface area contributed by atoms with Crippen molar-refractivity contribution >= 4 is 23.4 Å². The molecule has 0 radical (unpaired) electrons. The molecular formula is C33H39N5O2S. The van der Waals surface area contributed by atoms with Gasteiger partial charge in [0.2, 0.25) is 5.91 Å². The number of hydrogen-bond donors (Lipinski definition) is 2. The fourth-order valence-corrected chi connectivity index (χ4v) is 6.39. The van der Waals surface area contributed by atoms with Gasteiger partial charge in [-0.2, -0.15) is 16.9 Å². The minimum atomic E-state index is -0.291. The summed E-state index contributed by atoms with van der Waals surface area (Å²) in [6.07, 6.45) is 8.78. The van der Waals surface area contributed by atoms with Gasteiger partial charge in [0.25, 0.3) is 0 Å². The summed E-state index contributed by atoms with van der Waals surface area (Å²) in [6, 6.07) is 18.3. The Bertz CT molecular complexity index is 1460. The van der Waals surface area contributed by atoms with Crippen molar-refractivity contribution in [2.75, 3.05) is 23.9 Å². The second-order valence-corrected chi connectivity index (χ2v) is 12.4. The van der Waals surface area contributed by atoms with Crippen molar-refractivity contribution in [1.82, 2.24) is 19.7 Å². The molecule has 2 aliphatic carbocycles. The van der Waals surface area contributed by atoms with Crippen LogP contribution < -0.4 is 5.32 Å². The second kappa shape index (κ2) is 12.2. The van der Waals surface area contributed by atoms with Crippen LogP contribution in [0.1, 0.15) is 48.8 Å². The smallest absolute Gasteiger partial charge is 0.235 e. The van der Waals surface area contributed by atoms with E-state index in [9.17, 15) is 4.79 Å². The highest BCUT2D eigenvalue weighted by molar-refractivity contribution is 7.98. The number of aryl methyl sites for hydroxylation is 1. The number of rotatable bonds is 13. The molecule has 2 aromatic heterocycles. The highest BCUT2D eigenvalue weighted by Gasteiger charge is 2.49. The second-order valence-electron chi connectivity index (χ2n) is 11.4. The molecule has 2 aromatic carbocycles. The van der Waals surface area contributed by atoms with Crippen LogP contribution in [0.15, 0.2) is 60.8 Å². The van der Waals surface area contributed by atoms with Crippen molar-refractivity contribution in [1.29, 1.82) is 0 Å². The highest BCUT2D eigenvalue weighted by Crippen LogP contribution is 2.54. The number of aromatic amines is 1. The Hall–Kier alpha value is -3.36. The molecular weight excluding hydrogens is 530 g/mol. The number of thioether (sulfide) groups is 1. The third kappa shape index (κ3) is 6.28. The van der Waals surface area contributed by atoms with E-state index in [0.717, 1.165) is 51.0 Å². The molecule has 0 bridgehead atoms. The number of aromatic nitrogens is 4. The number of benzene rings is 2. The first-order valence-corrected chi connectivity index (χ1v) is 16.0. The standard InChI is InChI=1S/C33H39N5O2S/c1-21-29(22(2)38(37-21)20-40-17-18-41-3)24-13-15-27(16-14-24)35-33(39)31(30(25-9-10-25)26-11-12-26)32-34-19-28(36-32)23-7-5-4-6-8-23/h4-8,13-16,19,25-26,30-31H,9-12,17-18,20H2,1-3H3,(H,34,36)(H,35,39). The van der Waals surface area contributed by atoms with Gasteiger partial charge in [-0.05, 0) is 86.8 Å². The monoisotopic (exact) mass is 569 g/mol. The third-order valence-electron chi connectivity index (χ3n) is 8.44. The van der Waals surface area contributed by atoms with Crippen LogP contribution >= 0.6 is 11.8 Å². The molecule has 1 unspecified atom stereocenters. The molecule has 2 heterocycles. The van der Waals surface area contributed by atoms with Gasteiger partial charge in [-0.15, -0.1) is 0 Å². The molecule has 2 fully saturated rings. The Balaban J connectivity index is 1.21. The molecule has 7 nitrogen and oxygen atoms in total. The van der Waals surface area contributed by atoms with Gasteiger partial charge in [0.15, 0.2) is 0 Å². The van der Waals surface area contributed by atoms with Gasteiger partial charge < -0.3 is 15.0 Å². The Morgan fingerprint density at radius 3 is 2.41 bits per heavy atom. The van der Waals surface area contributed by atoms with Crippen LogP contribution in [0.4, 0.5) is 5.69 Å². The number of carbonyl (C=O) groups is 1. The summed E-state index contributed by atoms with van der Waals surface area (Å²) >= 11 is 1.77. The predicted molar refractivity (Wildman–Crippen MR) is 166 cm³/mol. The van der Waals surface area contributed by atoms with Crippen molar-refractivity contribution in [3.8, 4) is 22.4 Å². The molecule has 2 N–H and O–H groups in total. The first-order valence-electron chi connectivity index (χ1n) is 14.7. The fourth-order valence-electron chi connectivity index (χ4n) is 6.11. The number of nitrogens with one attached hydrogen (secondary N) is 2. The molecule has 0 spiro atoms. The van der Waals surface area contributed by atoms with E-state index >= 15 is 0 Å². The quantitative estimate of drug-likeness (QED) is 0.169. The van der Waals surface area contributed by atoms with Gasteiger partial charge in [-0.25, -0.2) is 9.67 Å². The molecule has 1 amide bonds.